The average molecular weight is 391 g/mol. The van der Waals surface area contributed by atoms with E-state index in [1.807, 2.05) is 37.8 Å². The molecule has 1 N–H and O–H groups in total. The molecule has 2 rings (SSSR count). The van der Waals surface area contributed by atoms with Crippen molar-refractivity contribution >= 4 is 0 Å². The molecule has 0 radical (unpaired) electrons. The summed E-state index contributed by atoms with van der Waals surface area (Å²) in [5.74, 6) is 1.34. The van der Waals surface area contributed by atoms with E-state index in [2.05, 4.69) is 40.2 Å². The van der Waals surface area contributed by atoms with Crippen LogP contribution in [0, 0.1) is 0 Å². The molecule has 0 aliphatic rings. The molecule has 1 atom stereocenters. The zero-order valence-corrected chi connectivity index (χ0v) is 17.7. The van der Waals surface area contributed by atoms with Crippen LogP contribution < -0.4 is 9.47 Å². The summed E-state index contributed by atoms with van der Waals surface area (Å²) in [5, 5.41) is 10.2. The number of aliphatic hydroxyl groups excluding tert-OH is 1. The molecule has 0 fully saturated rings. The maximum Gasteiger partial charge on any atom is 0.161 e. The number of hydrogen-bond acceptors (Lipinski definition) is 6. The summed E-state index contributed by atoms with van der Waals surface area (Å²) in [6, 6.07) is 6.33. The van der Waals surface area contributed by atoms with E-state index in [0.717, 1.165) is 25.2 Å². The number of nitrogens with zero attached hydrogens (tertiary/aromatic N) is 4. The first kappa shape index (κ1) is 22.2. The summed E-state index contributed by atoms with van der Waals surface area (Å²) in [6.45, 7) is 7.64. The Kier molecular flexibility index (Phi) is 8.76. The minimum Gasteiger partial charge on any atom is -0.493 e. The van der Waals surface area contributed by atoms with E-state index in [0.29, 0.717) is 24.1 Å². The Morgan fingerprint density at radius 2 is 2.00 bits per heavy atom. The van der Waals surface area contributed by atoms with Gasteiger partial charge in [0.2, 0.25) is 0 Å². The lowest BCUT2D eigenvalue weighted by Crippen LogP contribution is -2.36. The highest BCUT2D eigenvalue weighted by molar-refractivity contribution is 5.43. The maximum atomic E-state index is 10.2. The zero-order valence-electron chi connectivity index (χ0n) is 17.7. The second-order valence-electron chi connectivity index (χ2n) is 7.52. The van der Waals surface area contributed by atoms with Gasteiger partial charge in [0.25, 0.3) is 0 Å². The fourth-order valence-electron chi connectivity index (χ4n) is 2.81. The molecule has 7 heteroatoms. The van der Waals surface area contributed by atoms with Gasteiger partial charge in [-0.25, -0.2) is 4.98 Å². The van der Waals surface area contributed by atoms with E-state index < -0.39 is 6.10 Å². The number of methoxy groups -OCH3 is 1. The zero-order chi connectivity index (χ0) is 20.5. The molecule has 0 amide bonds. The topological polar surface area (TPSA) is 63.0 Å². The van der Waals surface area contributed by atoms with Crippen LogP contribution >= 0.6 is 0 Å². The minimum absolute atomic E-state index is 0.234. The highest BCUT2D eigenvalue weighted by Gasteiger charge is 2.13. The highest BCUT2D eigenvalue weighted by Crippen LogP contribution is 2.28. The number of likely N-dealkylation sites (N-methyl/N-ethyl adjacent to an activating group) is 2. The first-order chi connectivity index (χ1) is 13.4. The van der Waals surface area contributed by atoms with Crippen LogP contribution in [0.2, 0.25) is 0 Å². The largest absolute Gasteiger partial charge is 0.493 e. The van der Waals surface area contributed by atoms with Crippen LogP contribution in [0.25, 0.3) is 0 Å². The highest BCUT2D eigenvalue weighted by atomic mass is 16.5. The third-order valence-corrected chi connectivity index (χ3v) is 4.79. The van der Waals surface area contributed by atoms with Gasteiger partial charge in [-0.15, -0.1) is 0 Å². The summed E-state index contributed by atoms with van der Waals surface area (Å²) in [4.78, 5) is 8.41. The minimum atomic E-state index is -0.550. The summed E-state index contributed by atoms with van der Waals surface area (Å²) < 4.78 is 13.4. The van der Waals surface area contributed by atoms with Crippen molar-refractivity contribution in [2.45, 2.75) is 39.1 Å². The quantitative estimate of drug-likeness (QED) is 0.599. The molecule has 7 nitrogen and oxygen atoms in total. The van der Waals surface area contributed by atoms with Crippen LogP contribution in [-0.4, -0.2) is 77.5 Å². The number of imidazole rings is 1. The Morgan fingerprint density at radius 3 is 2.64 bits per heavy atom. The summed E-state index contributed by atoms with van der Waals surface area (Å²) >= 11 is 0. The summed E-state index contributed by atoms with van der Waals surface area (Å²) in [5.41, 5.74) is 1.15. The molecule has 0 bridgehead atoms. The Bertz CT molecular complexity index is 691. The Morgan fingerprint density at radius 1 is 1.21 bits per heavy atom. The predicted octanol–water partition coefficient (Wildman–Crippen LogP) is 2.10. The van der Waals surface area contributed by atoms with Gasteiger partial charge in [-0.2, -0.15) is 0 Å². The lowest BCUT2D eigenvalue weighted by atomic mass is 10.2. The van der Waals surface area contributed by atoms with Crippen molar-refractivity contribution in [1.82, 2.24) is 19.4 Å². The SMILES string of the molecule is COc1cc(CN(C)CCn2ccnc2)ccc1OC[C@H](O)CN(C)C(C)C. The van der Waals surface area contributed by atoms with Crippen molar-refractivity contribution in [3.8, 4) is 11.5 Å². The van der Waals surface area contributed by atoms with Crippen LogP contribution in [0.1, 0.15) is 19.4 Å². The number of ether oxygens (including phenoxy) is 2. The van der Waals surface area contributed by atoms with Gasteiger partial charge >= 0.3 is 0 Å². The van der Waals surface area contributed by atoms with Gasteiger partial charge in [0, 0.05) is 44.6 Å². The van der Waals surface area contributed by atoms with Crippen LogP contribution in [0.3, 0.4) is 0 Å². The first-order valence-electron chi connectivity index (χ1n) is 9.71. The van der Waals surface area contributed by atoms with Gasteiger partial charge in [-0.1, -0.05) is 6.07 Å². The summed E-state index contributed by atoms with van der Waals surface area (Å²) in [6.07, 6.45) is 5.04. The first-order valence-corrected chi connectivity index (χ1v) is 9.71. The Hall–Kier alpha value is -2.09. The molecule has 0 aliphatic carbocycles. The lowest BCUT2D eigenvalue weighted by Gasteiger charge is -2.24. The molecule has 0 spiro atoms. The van der Waals surface area contributed by atoms with Crippen molar-refractivity contribution in [1.29, 1.82) is 0 Å². The molecule has 0 saturated carbocycles. The fraction of sp³-hybridized carbons (Fsp3) is 0.571. The van der Waals surface area contributed by atoms with Crippen molar-refractivity contribution in [2.75, 3.05) is 40.9 Å². The van der Waals surface area contributed by atoms with Crippen molar-refractivity contribution in [3.05, 3.63) is 42.5 Å². The van der Waals surface area contributed by atoms with E-state index in [1.54, 1.807) is 13.3 Å². The van der Waals surface area contributed by atoms with Crippen molar-refractivity contribution < 1.29 is 14.6 Å². The third-order valence-electron chi connectivity index (χ3n) is 4.79. The third kappa shape index (κ3) is 7.14. The van der Waals surface area contributed by atoms with Gasteiger partial charge < -0.3 is 28.9 Å². The van der Waals surface area contributed by atoms with Gasteiger partial charge in [0.1, 0.15) is 12.7 Å². The molecule has 0 saturated heterocycles. The van der Waals surface area contributed by atoms with Gasteiger partial charge in [-0.3, -0.25) is 0 Å². The molecular weight excluding hydrogens is 356 g/mol. The second kappa shape index (κ2) is 11.0. The van der Waals surface area contributed by atoms with Crippen LogP contribution in [0.15, 0.2) is 36.9 Å². The lowest BCUT2D eigenvalue weighted by molar-refractivity contribution is 0.0668. The van der Waals surface area contributed by atoms with Crippen LogP contribution in [0.5, 0.6) is 11.5 Å². The Balaban J connectivity index is 1.86. The molecule has 156 valence electrons. The standard InChI is InChI=1S/C21H34N4O3/c1-17(2)24(4)14-19(26)15-28-20-7-6-18(12-21(20)27-5)13-23(3)10-11-25-9-8-22-16-25/h6-9,12,16-17,19,26H,10-11,13-15H2,1-5H3/t19-/m1/s1. The summed E-state index contributed by atoms with van der Waals surface area (Å²) in [7, 11) is 5.72. The van der Waals surface area contributed by atoms with E-state index in [4.69, 9.17) is 9.47 Å². The van der Waals surface area contributed by atoms with Crippen LogP contribution in [0.4, 0.5) is 0 Å². The average Bonchev–Trinajstić information content (AvgIpc) is 3.18. The molecule has 1 aromatic heterocycles. The van der Waals surface area contributed by atoms with E-state index in [-0.39, 0.29) is 6.61 Å². The predicted molar refractivity (Wildman–Crippen MR) is 111 cm³/mol. The Labute approximate surface area is 168 Å². The normalized spacial score (nSPS) is 12.8. The fourth-order valence-corrected chi connectivity index (χ4v) is 2.81. The molecule has 2 aromatic rings. The number of hydrogen-bond donors (Lipinski definition) is 1. The van der Waals surface area contributed by atoms with E-state index in [1.165, 1.54) is 0 Å². The second-order valence-corrected chi connectivity index (χ2v) is 7.52. The van der Waals surface area contributed by atoms with Crippen LogP contribution in [-0.2, 0) is 13.1 Å². The maximum absolute atomic E-state index is 10.2. The van der Waals surface area contributed by atoms with Crippen molar-refractivity contribution in [3.63, 3.8) is 0 Å². The molecule has 0 aliphatic heterocycles. The van der Waals surface area contributed by atoms with E-state index >= 15 is 0 Å². The number of benzene rings is 1. The smallest absolute Gasteiger partial charge is 0.161 e. The number of aliphatic hydroxyl groups is 1. The molecule has 1 aromatic carbocycles. The number of rotatable bonds is 12. The monoisotopic (exact) mass is 390 g/mol. The number of aromatic nitrogens is 2. The molecule has 1 heterocycles. The van der Waals surface area contributed by atoms with Gasteiger partial charge in [0.15, 0.2) is 11.5 Å². The molecular formula is C21H34N4O3. The molecule has 28 heavy (non-hydrogen) atoms. The molecule has 0 unspecified atom stereocenters. The van der Waals surface area contributed by atoms with Gasteiger partial charge in [0.05, 0.1) is 13.4 Å². The van der Waals surface area contributed by atoms with Crippen molar-refractivity contribution in [2.24, 2.45) is 0 Å². The van der Waals surface area contributed by atoms with Gasteiger partial charge in [-0.05, 0) is 45.6 Å². The van der Waals surface area contributed by atoms with E-state index in [9.17, 15) is 5.11 Å².